The molecule has 2 heterocycles. The first kappa shape index (κ1) is 20.9. The SMILES string of the molecule is O=C(NC[C@@H]1CCS[C@H](c2ccc(Oc3ccccc3)cc2)C(=O)N1)c1cnccn1. The molecule has 7 nitrogen and oxygen atoms in total. The summed E-state index contributed by atoms with van der Waals surface area (Å²) < 4.78 is 5.82. The fraction of sp³-hybridized carbons (Fsp3) is 0.217. The van der Waals surface area contributed by atoms with Gasteiger partial charge in [0.15, 0.2) is 0 Å². The van der Waals surface area contributed by atoms with Crippen molar-refractivity contribution in [1.29, 1.82) is 0 Å². The third-order valence-corrected chi connectivity index (χ3v) is 6.09. The molecule has 8 heteroatoms. The van der Waals surface area contributed by atoms with E-state index >= 15 is 0 Å². The first-order valence-electron chi connectivity index (χ1n) is 9.98. The fourth-order valence-corrected chi connectivity index (χ4v) is 4.44. The minimum Gasteiger partial charge on any atom is -0.457 e. The highest BCUT2D eigenvalue weighted by atomic mass is 32.2. The van der Waals surface area contributed by atoms with Gasteiger partial charge in [-0.05, 0) is 42.0 Å². The molecule has 31 heavy (non-hydrogen) atoms. The molecule has 0 bridgehead atoms. The third kappa shape index (κ3) is 5.61. The highest BCUT2D eigenvalue weighted by Crippen LogP contribution is 2.33. The van der Waals surface area contributed by atoms with Gasteiger partial charge < -0.3 is 15.4 Å². The predicted octanol–water partition coefficient (Wildman–Crippen LogP) is 3.36. The number of rotatable bonds is 6. The third-order valence-electron chi connectivity index (χ3n) is 4.80. The lowest BCUT2D eigenvalue weighted by molar-refractivity contribution is -0.121. The van der Waals surface area contributed by atoms with Crippen LogP contribution >= 0.6 is 11.8 Å². The summed E-state index contributed by atoms with van der Waals surface area (Å²) in [6, 6.07) is 17.0. The number of amides is 2. The van der Waals surface area contributed by atoms with Gasteiger partial charge in [-0.1, -0.05) is 30.3 Å². The number of nitrogens with one attached hydrogen (secondary N) is 2. The van der Waals surface area contributed by atoms with Crippen molar-refractivity contribution < 1.29 is 14.3 Å². The number of thioether (sulfide) groups is 1. The minimum absolute atomic E-state index is 0.0574. The van der Waals surface area contributed by atoms with Gasteiger partial charge in [-0.25, -0.2) is 4.98 Å². The minimum atomic E-state index is -0.301. The van der Waals surface area contributed by atoms with Gasteiger partial charge in [0.25, 0.3) is 5.91 Å². The Morgan fingerprint density at radius 2 is 1.87 bits per heavy atom. The molecule has 2 aromatic carbocycles. The maximum atomic E-state index is 12.8. The zero-order valence-electron chi connectivity index (χ0n) is 16.7. The molecule has 1 saturated heterocycles. The molecule has 0 spiro atoms. The lowest BCUT2D eigenvalue weighted by Gasteiger charge is -2.18. The van der Waals surface area contributed by atoms with Crippen LogP contribution in [0.1, 0.15) is 27.7 Å². The number of ether oxygens (including phenoxy) is 1. The molecule has 158 valence electrons. The Morgan fingerprint density at radius 1 is 1.10 bits per heavy atom. The Balaban J connectivity index is 1.33. The Bertz CT molecular complexity index is 1020. The number of benzene rings is 2. The largest absolute Gasteiger partial charge is 0.457 e. The summed E-state index contributed by atoms with van der Waals surface area (Å²) in [5, 5.41) is 5.57. The topological polar surface area (TPSA) is 93.2 Å². The van der Waals surface area contributed by atoms with E-state index in [-0.39, 0.29) is 28.8 Å². The van der Waals surface area contributed by atoms with Crippen molar-refractivity contribution in [2.45, 2.75) is 17.7 Å². The van der Waals surface area contributed by atoms with Crippen LogP contribution in [0.2, 0.25) is 0 Å². The summed E-state index contributed by atoms with van der Waals surface area (Å²) in [7, 11) is 0. The molecule has 0 radical (unpaired) electrons. The molecule has 1 aliphatic rings. The van der Waals surface area contributed by atoms with Crippen LogP contribution in [0, 0.1) is 0 Å². The van der Waals surface area contributed by atoms with Crippen LogP contribution in [0.25, 0.3) is 0 Å². The van der Waals surface area contributed by atoms with Crippen LogP contribution in [0.5, 0.6) is 11.5 Å². The van der Waals surface area contributed by atoms with Gasteiger partial charge in [-0.3, -0.25) is 14.6 Å². The summed E-state index contributed by atoms with van der Waals surface area (Å²) in [6.45, 7) is 0.346. The number of carbonyl (C=O) groups excluding carboxylic acids is 2. The Labute approximate surface area is 184 Å². The van der Waals surface area contributed by atoms with Gasteiger partial charge in [0, 0.05) is 25.0 Å². The van der Waals surface area contributed by atoms with Crippen LogP contribution in [0.15, 0.2) is 73.2 Å². The molecule has 0 unspecified atom stereocenters. The first-order valence-corrected chi connectivity index (χ1v) is 11.0. The summed E-state index contributed by atoms with van der Waals surface area (Å²) in [6.07, 6.45) is 5.17. The van der Waals surface area contributed by atoms with Gasteiger partial charge in [0.05, 0.1) is 6.20 Å². The number of nitrogens with zero attached hydrogens (tertiary/aromatic N) is 2. The van der Waals surface area contributed by atoms with Crippen molar-refractivity contribution in [2.75, 3.05) is 12.3 Å². The highest BCUT2D eigenvalue weighted by molar-refractivity contribution is 8.00. The van der Waals surface area contributed by atoms with E-state index in [2.05, 4.69) is 20.6 Å². The van der Waals surface area contributed by atoms with Crippen molar-refractivity contribution in [3.8, 4) is 11.5 Å². The van der Waals surface area contributed by atoms with Crippen molar-refractivity contribution in [3.63, 3.8) is 0 Å². The second-order valence-corrected chi connectivity index (χ2v) is 8.24. The normalized spacial score (nSPS) is 18.5. The Hall–Kier alpha value is -3.39. The average molecular weight is 435 g/mol. The van der Waals surface area contributed by atoms with Crippen molar-refractivity contribution in [3.05, 3.63) is 84.4 Å². The van der Waals surface area contributed by atoms with E-state index in [4.69, 9.17) is 4.74 Å². The molecule has 3 aromatic rings. The average Bonchev–Trinajstić information content (AvgIpc) is 3.00. The van der Waals surface area contributed by atoms with Gasteiger partial charge in [-0.15, -0.1) is 11.8 Å². The van der Waals surface area contributed by atoms with Crippen LogP contribution < -0.4 is 15.4 Å². The summed E-state index contributed by atoms with van der Waals surface area (Å²) in [5.74, 6) is 1.93. The quantitative estimate of drug-likeness (QED) is 0.618. The molecule has 0 saturated carbocycles. The summed E-state index contributed by atoms with van der Waals surface area (Å²) in [4.78, 5) is 32.9. The smallest absolute Gasteiger partial charge is 0.271 e. The van der Waals surface area contributed by atoms with Crippen molar-refractivity contribution >= 4 is 23.6 Å². The number of para-hydroxylation sites is 1. The number of hydrogen-bond acceptors (Lipinski definition) is 6. The van der Waals surface area contributed by atoms with Crippen LogP contribution in [-0.2, 0) is 4.79 Å². The highest BCUT2D eigenvalue weighted by Gasteiger charge is 2.27. The molecule has 2 amide bonds. The van der Waals surface area contributed by atoms with E-state index < -0.39 is 0 Å². The molecular formula is C23H22N4O3S. The van der Waals surface area contributed by atoms with Crippen molar-refractivity contribution in [2.24, 2.45) is 0 Å². The Morgan fingerprint density at radius 3 is 2.61 bits per heavy atom. The van der Waals surface area contributed by atoms with Crippen LogP contribution in [0.4, 0.5) is 0 Å². The van der Waals surface area contributed by atoms with Gasteiger partial charge in [-0.2, -0.15) is 0 Å². The molecule has 0 aliphatic carbocycles. The molecular weight excluding hydrogens is 412 g/mol. The molecule has 2 N–H and O–H groups in total. The van der Waals surface area contributed by atoms with E-state index in [1.54, 1.807) is 11.8 Å². The van der Waals surface area contributed by atoms with E-state index in [0.717, 1.165) is 29.2 Å². The zero-order chi connectivity index (χ0) is 21.5. The second-order valence-electron chi connectivity index (χ2n) is 7.03. The van der Waals surface area contributed by atoms with E-state index in [1.807, 2.05) is 54.6 Å². The maximum Gasteiger partial charge on any atom is 0.271 e. The van der Waals surface area contributed by atoms with Gasteiger partial charge >= 0.3 is 0 Å². The Kier molecular flexibility index (Phi) is 6.78. The monoisotopic (exact) mass is 434 g/mol. The van der Waals surface area contributed by atoms with Gasteiger partial charge in [0.2, 0.25) is 5.91 Å². The number of hydrogen-bond donors (Lipinski definition) is 2. The van der Waals surface area contributed by atoms with E-state index in [1.165, 1.54) is 18.6 Å². The van der Waals surface area contributed by atoms with Crippen molar-refractivity contribution in [1.82, 2.24) is 20.6 Å². The number of carbonyl (C=O) groups is 2. The molecule has 1 fully saturated rings. The summed E-state index contributed by atoms with van der Waals surface area (Å²) in [5.41, 5.74) is 1.18. The molecule has 4 rings (SSSR count). The summed E-state index contributed by atoms with van der Waals surface area (Å²) >= 11 is 1.60. The first-order chi connectivity index (χ1) is 15.2. The second kappa shape index (κ2) is 10.1. The fourth-order valence-electron chi connectivity index (χ4n) is 3.21. The molecule has 1 aliphatic heterocycles. The lowest BCUT2D eigenvalue weighted by atomic mass is 10.1. The van der Waals surface area contributed by atoms with Crippen LogP contribution in [-0.4, -0.2) is 40.1 Å². The zero-order valence-corrected chi connectivity index (χ0v) is 17.5. The molecule has 2 atom stereocenters. The lowest BCUT2D eigenvalue weighted by Crippen LogP contribution is -2.44. The maximum absolute atomic E-state index is 12.8. The van der Waals surface area contributed by atoms with E-state index in [0.29, 0.717) is 6.54 Å². The predicted molar refractivity (Wildman–Crippen MR) is 119 cm³/mol. The van der Waals surface area contributed by atoms with Gasteiger partial charge in [0.1, 0.15) is 22.4 Å². The van der Waals surface area contributed by atoms with E-state index in [9.17, 15) is 9.59 Å². The number of aromatic nitrogens is 2. The standard InChI is InChI=1S/C23H22N4O3S/c28-22(20-15-24-11-12-25-20)26-14-17-10-13-31-21(23(29)27-17)16-6-8-19(9-7-16)30-18-4-2-1-3-5-18/h1-9,11-12,15,17,21H,10,13-14H2,(H,26,28)(H,27,29)/t17-,21+/m0/s1. The molecule has 1 aromatic heterocycles. The van der Waals surface area contributed by atoms with Crippen LogP contribution in [0.3, 0.4) is 0 Å².